The van der Waals surface area contributed by atoms with E-state index in [4.69, 9.17) is 14.2 Å². The minimum atomic E-state index is -1.30. The number of Topliss-reactive ketones (excluding diaryl/α,β-unsaturated/α-hetero) is 1. The highest BCUT2D eigenvalue weighted by atomic mass is 16.5. The SMILES string of the molecule is CCCCCCCCCCCCCCCCC1=C[C@H](C(=O)OC)[C@H]2C(=O)[C@]3(C(=O)OC)C[C@]3(CCCCCCCCCCCCCCCC)[C@H]2[C@H]1C(=O)OC. The van der Waals surface area contributed by atoms with Crippen molar-refractivity contribution in [1.82, 2.24) is 0 Å². The topological polar surface area (TPSA) is 96.0 Å². The average molecular weight is 771 g/mol. The molecule has 0 aromatic carbocycles. The Kier molecular flexibility index (Phi) is 22.3. The van der Waals surface area contributed by atoms with Crippen LogP contribution in [0, 0.1) is 34.5 Å². The van der Waals surface area contributed by atoms with Crippen molar-refractivity contribution in [3.8, 4) is 0 Å². The van der Waals surface area contributed by atoms with Crippen LogP contribution in [0.5, 0.6) is 0 Å². The Labute approximate surface area is 336 Å². The first-order valence-electron chi connectivity index (χ1n) is 23.3. The van der Waals surface area contributed by atoms with Gasteiger partial charge in [0.15, 0.2) is 5.78 Å². The van der Waals surface area contributed by atoms with Crippen molar-refractivity contribution in [3.05, 3.63) is 11.6 Å². The standard InChI is InChI=1S/C48H82O7/c1-6-8-10-12-14-16-18-20-22-24-26-28-30-32-34-38-36-39(44(50)53-3)41-42(40(38)45(51)54-4)47(37-48(47,43(41)49)46(52)55-5)35-33-31-29-27-25-23-21-19-17-15-13-11-9-7-2/h36,39-42H,6-35,37H2,1-5H3/t39-,40-,41+,42-,47+,48-/m0/s1. The zero-order valence-electron chi connectivity index (χ0n) is 36.2. The first-order valence-corrected chi connectivity index (χ1v) is 23.3. The fourth-order valence-electron chi connectivity index (χ4n) is 10.7. The van der Waals surface area contributed by atoms with Crippen LogP contribution >= 0.6 is 0 Å². The maximum absolute atomic E-state index is 14.5. The maximum atomic E-state index is 14.5. The predicted molar refractivity (Wildman–Crippen MR) is 222 cm³/mol. The molecule has 0 heterocycles. The molecule has 0 amide bonds. The molecule has 0 aliphatic heterocycles. The minimum absolute atomic E-state index is 0.245. The zero-order valence-corrected chi connectivity index (χ0v) is 36.2. The van der Waals surface area contributed by atoms with Crippen molar-refractivity contribution in [2.75, 3.05) is 21.3 Å². The van der Waals surface area contributed by atoms with Gasteiger partial charge in [-0.15, -0.1) is 0 Å². The van der Waals surface area contributed by atoms with E-state index in [2.05, 4.69) is 13.8 Å². The Bertz CT molecular complexity index is 1180. The number of hydrogen-bond donors (Lipinski definition) is 0. The molecule has 6 atom stereocenters. The smallest absolute Gasteiger partial charge is 0.319 e. The molecular formula is C48H82O7. The second-order valence-electron chi connectivity index (χ2n) is 17.6. The van der Waals surface area contributed by atoms with Gasteiger partial charge in [-0.1, -0.05) is 199 Å². The Hall–Kier alpha value is -2.18. The summed E-state index contributed by atoms with van der Waals surface area (Å²) in [6, 6.07) is 0. The average Bonchev–Trinajstić information content (AvgIpc) is 3.84. The quantitative estimate of drug-likeness (QED) is 0.0215. The lowest BCUT2D eigenvalue weighted by Crippen LogP contribution is -2.45. The summed E-state index contributed by atoms with van der Waals surface area (Å²) < 4.78 is 16.0. The van der Waals surface area contributed by atoms with Gasteiger partial charge in [0.05, 0.1) is 33.2 Å². The highest BCUT2D eigenvalue weighted by molar-refractivity contribution is 6.13. The number of unbranched alkanes of at least 4 members (excludes halogenated alkanes) is 26. The highest BCUT2D eigenvalue weighted by Crippen LogP contribution is 2.81. The predicted octanol–water partition coefficient (Wildman–Crippen LogP) is 12.6. The molecule has 0 N–H and O–H groups in total. The van der Waals surface area contributed by atoms with Gasteiger partial charge >= 0.3 is 17.9 Å². The highest BCUT2D eigenvalue weighted by Gasteiger charge is 2.87. The van der Waals surface area contributed by atoms with E-state index in [1.807, 2.05) is 6.08 Å². The van der Waals surface area contributed by atoms with Crippen molar-refractivity contribution in [2.45, 2.75) is 213 Å². The molecule has 55 heavy (non-hydrogen) atoms. The van der Waals surface area contributed by atoms with Crippen LogP contribution < -0.4 is 0 Å². The van der Waals surface area contributed by atoms with E-state index in [-0.39, 0.29) is 11.8 Å². The monoisotopic (exact) mass is 771 g/mol. The third-order valence-electron chi connectivity index (χ3n) is 13.9. The van der Waals surface area contributed by atoms with Gasteiger partial charge in [0.1, 0.15) is 5.41 Å². The first-order chi connectivity index (χ1) is 26.8. The molecule has 316 valence electrons. The van der Waals surface area contributed by atoms with Gasteiger partial charge in [0.2, 0.25) is 0 Å². The van der Waals surface area contributed by atoms with Crippen LogP contribution in [0.4, 0.5) is 0 Å². The summed E-state index contributed by atoms with van der Waals surface area (Å²) in [6.07, 6.45) is 38.8. The normalized spacial score (nSPS) is 25.3. The number of fused-ring (bicyclic) bond motifs is 3. The van der Waals surface area contributed by atoms with Crippen molar-refractivity contribution < 1.29 is 33.4 Å². The van der Waals surface area contributed by atoms with E-state index in [9.17, 15) is 19.2 Å². The van der Waals surface area contributed by atoms with Crippen molar-refractivity contribution >= 4 is 23.7 Å². The van der Waals surface area contributed by atoms with Gasteiger partial charge in [-0.3, -0.25) is 19.2 Å². The maximum Gasteiger partial charge on any atom is 0.319 e. The lowest BCUT2D eigenvalue weighted by Gasteiger charge is -2.40. The van der Waals surface area contributed by atoms with Crippen LogP contribution in [0.3, 0.4) is 0 Å². The number of ether oxygens (including phenoxy) is 3. The lowest BCUT2D eigenvalue weighted by molar-refractivity contribution is -0.156. The van der Waals surface area contributed by atoms with E-state index in [0.717, 1.165) is 44.1 Å². The molecule has 2 saturated carbocycles. The number of esters is 3. The third-order valence-corrected chi connectivity index (χ3v) is 13.9. The van der Waals surface area contributed by atoms with E-state index >= 15 is 0 Å². The van der Waals surface area contributed by atoms with E-state index in [1.54, 1.807) is 0 Å². The molecule has 0 radical (unpaired) electrons. The number of carbonyl (C=O) groups excluding carboxylic acids is 4. The van der Waals surface area contributed by atoms with Gasteiger partial charge < -0.3 is 14.2 Å². The molecule has 0 bridgehead atoms. The summed E-state index contributed by atoms with van der Waals surface area (Å²) in [6.45, 7) is 4.53. The number of rotatable bonds is 33. The Morgan fingerprint density at radius 3 is 1.36 bits per heavy atom. The van der Waals surface area contributed by atoms with Gasteiger partial charge in [-0.05, 0) is 37.0 Å². The van der Waals surface area contributed by atoms with Crippen LogP contribution in [0.2, 0.25) is 0 Å². The first kappa shape index (κ1) is 47.2. The Balaban J connectivity index is 1.57. The van der Waals surface area contributed by atoms with Crippen molar-refractivity contribution in [3.63, 3.8) is 0 Å². The zero-order chi connectivity index (χ0) is 39.9. The second-order valence-corrected chi connectivity index (χ2v) is 17.6. The molecule has 0 aromatic rings. The molecule has 0 unspecified atom stereocenters. The number of carbonyl (C=O) groups is 4. The molecule has 7 nitrogen and oxygen atoms in total. The minimum Gasteiger partial charge on any atom is -0.469 e. The summed E-state index contributed by atoms with van der Waals surface area (Å²) in [5.74, 6) is -4.34. The summed E-state index contributed by atoms with van der Waals surface area (Å²) >= 11 is 0. The van der Waals surface area contributed by atoms with Crippen LogP contribution in [0.1, 0.15) is 213 Å². The number of hydrogen-bond acceptors (Lipinski definition) is 7. The van der Waals surface area contributed by atoms with Gasteiger partial charge in [0.25, 0.3) is 0 Å². The van der Waals surface area contributed by atoms with Crippen LogP contribution in [-0.4, -0.2) is 45.0 Å². The molecule has 0 aromatic heterocycles. The summed E-state index contributed by atoms with van der Waals surface area (Å²) in [5, 5.41) is 0. The Morgan fingerprint density at radius 2 is 0.964 bits per heavy atom. The molecule has 2 fully saturated rings. The number of methoxy groups -OCH3 is 3. The van der Waals surface area contributed by atoms with Crippen LogP contribution in [0.15, 0.2) is 11.6 Å². The largest absolute Gasteiger partial charge is 0.469 e. The van der Waals surface area contributed by atoms with Crippen LogP contribution in [0.25, 0.3) is 0 Å². The molecule has 0 saturated heterocycles. The van der Waals surface area contributed by atoms with E-state index in [1.165, 1.54) is 163 Å². The molecule has 7 heteroatoms. The summed E-state index contributed by atoms with van der Waals surface area (Å²) in [7, 11) is 4.10. The summed E-state index contributed by atoms with van der Waals surface area (Å²) in [5.41, 5.74) is -1.13. The molecular weight excluding hydrogens is 689 g/mol. The molecule has 3 aliphatic rings. The number of ketones is 1. The van der Waals surface area contributed by atoms with E-state index < -0.39 is 46.4 Å². The Morgan fingerprint density at radius 1 is 0.564 bits per heavy atom. The summed E-state index contributed by atoms with van der Waals surface area (Å²) in [4.78, 5) is 55.2. The lowest BCUT2D eigenvalue weighted by atomic mass is 9.61. The van der Waals surface area contributed by atoms with Crippen molar-refractivity contribution in [2.24, 2.45) is 34.5 Å². The molecule has 0 spiro atoms. The molecule has 3 rings (SSSR count). The fraction of sp³-hybridized carbons (Fsp3) is 0.875. The van der Waals surface area contributed by atoms with Crippen LogP contribution in [-0.2, 0) is 33.4 Å². The third kappa shape index (κ3) is 12.9. The molecule has 3 aliphatic carbocycles. The second kappa shape index (κ2) is 25.9. The van der Waals surface area contributed by atoms with Crippen molar-refractivity contribution in [1.29, 1.82) is 0 Å². The van der Waals surface area contributed by atoms with Gasteiger partial charge in [0, 0.05) is 5.92 Å². The van der Waals surface area contributed by atoms with Gasteiger partial charge in [-0.25, -0.2) is 0 Å². The fourth-order valence-corrected chi connectivity index (χ4v) is 10.7. The van der Waals surface area contributed by atoms with E-state index in [0.29, 0.717) is 19.3 Å². The van der Waals surface area contributed by atoms with Gasteiger partial charge in [-0.2, -0.15) is 0 Å².